The van der Waals surface area contributed by atoms with Crippen LogP contribution in [0.25, 0.3) is 0 Å². The lowest BCUT2D eigenvalue weighted by Gasteiger charge is -2.13. The first-order valence-electron chi connectivity index (χ1n) is 5.04. The molecule has 0 saturated heterocycles. The zero-order chi connectivity index (χ0) is 11.4. The maximum absolute atomic E-state index is 7.26. The first-order valence-corrected chi connectivity index (χ1v) is 5.04. The molecule has 0 spiro atoms. The summed E-state index contributed by atoms with van der Waals surface area (Å²) in [6.07, 6.45) is 0. The number of hydrogen-bond acceptors (Lipinski definition) is 2. The second-order valence-corrected chi connectivity index (χ2v) is 3.94. The van der Waals surface area contributed by atoms with Crippen molar-refractivity contribution in [2.24, 2.45) is 11.7 Å². The summed E-state index contributed by atoms with van der Waals surface area (Å²) in [4.78, 5) is 0. The summed E-state index contributed by atoms with van der Waals surface area (Å²) in [5.74, 6) is 1.01. The summed E-state index contributed by atoms with van der Waals surface area (Å²) in [5, 5.41) is 7.26. The Labute approximate surface area is 90.8 Å². The van der Waals surface area contributed by atoms with Gasteiger partial charge >= 0.3 is 0 Å². The summed E-state index contributed by atoms with van der Waals surface area (Å²) in [7, 11) is 0. The standard InChI is InChI=1S/C12H18N2O/c1-8-4-5-9(2)11(6-8)15-7-10(3)12(13)14/h4-6,10H,7H2,1-3H3,(H3,13,14). The third kappa shape index (κ3) is 3.27. The molecule has 15 heavy (non-hydrogen) atoms. The van der Waals surface area contributed by atoms with Crippen LogP contribution in [0.4, 0.5) is 0 Å². The molecule has 0 fully saturated rings. The molecular formula is C12H18N2O. The average Bonchev–Trinajstić information content (AvgIpc) is 2.18. The molecule has 3 heteroatoms. The fourth-order valence-corrected chi connectivity index (χ4v) is 1.17. The van der Waals surface area contributed by atoms with Crippen LogP contribution in [0, 0.1) is 25.2 Å². The Hall–Kier alpha value is -1.51. The molecule has 1 atom stereocenters. The van der Waals surface area contributed by atoms with Gasteiger partial charge in [0.2, 0.25) is 0 Å². The van der Waals surface area contributed by atoms with Crippen LogP contribution in [-0.4, -0.2) is 12.4 Å². The second-order valence-electron chi connectivity index (χ2n) is 3.94. The van der Waals surface area contributed by atoms with Gasteiger partial charge in [-0.3, -0.25) is 5.41 Å². The predicted octanol–water partition coefficient (Wildman–Crippen LogP) is 2.25. The Kier molecular flexibility index (Phi) is 3.72. The van der Waals surface area contributed by atoms with Crippen LogP contribution < -0.4 is 10.5 Å². The van der Waals surface area contributed by atoms with Gasteiger partial charge in [0.1, 0.15) is 5.75 Å². The van der Waals surface area contributed by atoms with Crippen molar-refractivity contribution in [1.82, 2.24) is 0 Å². The number of ether oxygens (including phenoxy) is 1. The Morgan fingerprint density at radius 1 is 1.47 bits per heavy atom. The predicted molar refractivity (Wildman–Crippen MR) is 62.5 cm³/mol. The van der Waals surface area contributed by atoms with E-state index in [4.69, 9.17) is 15.9 Å². The summed E-state index contributed by atoms with van der Waals surface area (Å²) in [6.45, 7) is 6.38. The van der Waals surface area contributed by atoms with E-state index in [1.165, 1.54) is 5.56 Å². The van der Waals surface area contributed by atoms with Gasteiger partial charge in [-0.1, -0.05) is 19.1 Å². The van der Waals surface area contributed by atoms with Crippen LogP contribution >= 0.6 is 0 Å². The second kappa shape index (κ2) is 4.82. The van der Waals surface area contributed by atoms with Crippen molar-refractivity contribution in [3.8, 4) is 5.75 Å². The maximum Gasteiger partial charge on any atom is 0.122 e. The van der Waals surface area contributed by atoms with E-state index in [-0.39, 0.29) is 11.8 Å². The lowest BCUT2D eigenvalue weighted by Crippen LogP contribution is -2.25. The number of rotatable bonds is 4. The maximum atomic E-state index is 7.26. The van der Waals surface area contributed by atoms with Crippen molar-refractivity contribution in [1.29, 1.82) is 5.41 Å². The fourth-order valence-electron chi connectivity index (χ4n) is 1.17. The zero-order valence-electron chi connectivity index (χ0n) is 9.50. The minimum absolute atomic E-state index is 0.0371. The summed E-state index contributed by atoms with van der Waals surface area (Å²) >= 11 is 0. The molecule has 0 amide bonds. The highest BCUT2D eigenvalue weighted by Crippen LogP contribution is 2.19. The van der Waals surface area contributed by atoms with E-state index < -0.39 is 0 Å². The summed E-state index contributed by atoms with van der Waals surface area (Å²) in [6, 6.07) is 6.09. The lowest BCUT2D eigenvalue weighted by atomic mass is 10.1. The first kappa shape index (κ1) is 11.6. The van der Waals surface area contributed by atoms with Gasteiger partial charge in [-0.05, 0) is 31.0 Å². The van der Waals surface area contributed by atoms with Gasteiger partial charge in [0.05, 0.1) is 12.4 Å². The molecule has 0 radical (unpaired) electrons. The number of nitrogens with two attached hydrogens (primary N) is 1. The molecular weight excluding hydrogens is 188 g/mol. The number of aryl methyl sites for hydroxylation is 2. The van der Waals surface area contributed by atoms with E-state index >= 15 is 0 Å². The van der Waals surface area contributed by atoms with E-state index in [0.29, 0.717) is 6.61 Å². The van der Waals surface area contributed by atoms with Crippen molar-refractivity contribution in [2.45, 2.75) is 20.8 Å². The molecule has 82 valence electrons. The number of nitrogens with one attached hydrogen (secondary N) is 1. The zero-order valence-corrected chi connectivity index (χ0v) is 9.50. The molecule has 0 aliphatic carbocycles. The highest BCUT2D eigenvalue weighted by Gasteiger charge is 2.07. The molecule has 0 aliphatic rings. The number of amidine groups is 1. The highest BCUT2D eigenvalue weighted by molar-refractivity contribution is 5.79. The Balaban J connectivity index is 2.65. The van der Waals surface area contributed by atoms with Crippen molar-refractivity contribution in [3.63, 3.8) is 0 Å². The molecule has 1 unspecified atom stereocenters. The molecule has 3 N–H and O–H groups in total. The van der Waals surface area contributed by atoms with E-state index in [0.717, 1.165) is 11.3 Å². The monoisotopic (exact) mass is 206 g/mol. The highest BCUT2D eigenvalue weighted by atomic mass is 16.5. The summed E-state index contributed by atoms with van der Waals surface area (Å²) < 4.78 is 5.62. The van der Waals surface area contributed by atoms with Crippen LogP contribution in [0.1, 0.15) is 18.1 Å². The van der Waals surface area contributed by atoms with Crippen LogP contribution in [-0.2, 0) is 0 Å². The van der Waals surface area contributed by atoms with Gasteiger partial charge in [0.25, 0.3) is 0 Å². The lowest BCUT2D eigenvalue weighted by molar-refractivity contribution is 0.290. The largest absolute Gasteiger partial charge is 0.493 e. The van der Waals surface area contributed by atoms with Gasteiger partial charge < -0.3 is 10.5 Å². The molecule has 1 aromatic carbocycles. The molecule has 0 bridgehead atoms. The molecule has 3 nitrogen and oxygen atoms in total. The molecule has 1 rings (SSSR count). The quantitative estimate of drug-likeness (QED) is 0.586. The van der Waals surface area contributed by atoms with Gasteiger partial charge in [0, 0.05) is 5.92 Å². The number of benzene rings is 1. The van der Waals surface area contributed by atoms with Crippen molar-refractivity contribution < 1.29 is 4.74 Å². The Bertz CT molecular complexity index is 361. The Morgan fingerprint density at radius 2 is 2.13 bits per heavy atom. The SMILES string of the molecule is Cc1ccc(C)c(OCC(C)C(=N)N)c1. The molecule has 0 aliphatic heterocycles. The van der Waals surface area contributed by atoms with E-state index in [9.17, 15) is 0 Å². The van der Waals surface area contributed by atoms with E-state index in [1.54, 1.807) is 0 Å². The minimum atomic E-state index is -0.0371. The smallest absolute Gasteiger partial charge is 0.122 e. The number of hydrogen-bond donors (Lipinski definition) is 2. The van der Waals surface area contributed by atoms with Gasteiger partial charge in [0.15, 0.2) is 0 Å². The average molecular weight is 206 g/mol. The van der Waals surface area contributed by atoms with Crippen LogP contribution in [0.3, 0.4) is 0 Å². The minimum Gasteiger partial charge on any atom is -0.493 e. The first-order chi connectivity index (χ1) is 7.00. The van der Waals surface area contributed by atoms with E-state index in [2.05, 4.69) is 6.07 Å². The normalized spacial score (nSPS) is 12.2. The topological polar surface area (TPSA) is 59.1 Å². The van der Waals surface area contributed by atoms with Gasteiger partial charge in [-0.2, -0.15) is 0 Å². The molecule has 0 heterocycles. The van der Waals surface area contributed by atoms with Crippen LogP contribution in [0.15, 0.2) is 18.2 Å². The Morgan fingerprint density at radius 3 is 2.73 bits per heavy atom. The van der Waals surface area contributed by atoms with Gasteiger partial charge in [-0.25, -0.2) is 0 Å². The van der Waals surface area contributed by atoms with E-state index in [1.807, 2.05) is 32.9 Å². The molecule has 1 aromatic rings. The third-order valence-corrected chi connectivity index (χ3v) is 2.36. The van der Waals surface area contributed by atoms with Crippen molar-refractivity contribution in [2.75, 3.05) is 6.61 Å². The molecule has 0 saturated carbocycles. The molecule has 0 aromatic heterocycles. The summed E-state index contributed by atoms with van der Waals surface area (Å²) in [5.41, 5.74) is 7.65. The third-order valence-electron chi connectivity index (χ3n) is 2.36. The van der Waals surface area contributed by atoms with Crippen LogP contribution in [0.5, 0.6) is 5.75 Å². The van der Waals surface area contributed by atoms with Gasteiger partial charge in [-0.15, -0.1) is 0 Å². The van der Waals surface area contributed by atoms with Crippen molar-refractivity contribution in [3.05, 3.63) is 29.3 Å². The van der Waals surface area contributed by atoms with Crippen molar-refractivity contribution >= 4 is 5.84 Å². The van der Waals surface area contributed by atoms with Crippen LogP contribution in [0.2, 0.25) is 0 Å². The fraction of sp³-hybridized carbons (Fsp3) is 0.417.